The third kappa shape index (κ3) is 6.54. The van der Waals surface area contributed by atoms with Crippen LogP contribution in [-0.2, 0) is 0 Å². The largest absolute Gasteiger partial charge is 0.396 e. The van der Waals surface area contributed by atoms with Crippen LogP contribution in [0.15, 0.2) is 24.3 Å². The lowest BCUT2D eigenvalue weighted by Crippen LogP contribution is -2.46. The predicted octanol–water partition coefficient (Wildman–Crippen LogP) is 2.13. The van der Waals surface area contributed by atoms with Crippen LogP contribution in [0.4, 0.5) is 9.18 Å². The molecule has 0 saturated carbocycles. The second-order valence-corrected chi connectivity index (χ2v) is 6.25. The molecule has 0 bridgehead atoms. The van der Waals surface area contributed by atoms with Crippen molar-refractivity contribution in [2.45, 2.75) is 32.4 Å². The van der Waals surface area contributed by atoms with Gasteiger partial charge in [0.15, 0.2) is 0 Å². The molecule has 0 saturated heterocycles. The number of benzene rings is 1. The summed E-state index contributed by atoms with van der Waals surface area (Å²) in [6.07, 6.45) is 0.520. The van der Waals surface area contributed by atoms with Crippen molar-refractivity contribution in [1.82, 2.24) is 15.5 Å². The molecule has 1 rings (SSSR count). The van der Waals surface area contributed by atoms with Gasteiger partial charge in [-0.05, 0) is 44.1 Å². The third-order valence-corrected chi connectivity index (χ3v) is 3.87. The smallest absolute Gasteiger partial charge is 0.315 e. The van der Waals surface area contributed by atoms with Crippen LogP contribution in [0, 0.1) is 11.7 Å². The molecule has 2 atom stereocenters. The van der Waals surface area contributed by atoms with Crippen molar-refractivity contribution < 1.29 is 14.3 Å². The first kappa shape index (κ1) is 19.4. The Morgan fingerprint density at radius 3 is 2.57 bits per heavy atom. The number of amides is 2. The Kier molecular flexibility index (Phi) is 7.98. The SMILES string of the molecule is CC(C)C(CCO)NC(=O)NCC(c1cccc(F)c1)N(C)C. The summed E-state index contributed by atoms with van der Waals surface area (Å²) < 4.78 is 13.4. The average Bonchev–Trinajstić information content (AvgIpc) is 2.46. The number of halogens is 1. The van der Waals surface area contributed by atoms with E-state index in [9.17, 15) is 9.18 Å². The zero-order valence-electron chi connectivity index (χ0n) is 14.3. The van der Waals surface area contributed by atoms with Crippen molar-refractivity contribution in [1.29, 1.82) is 0 Å². The summed E-state index contributed by atoms with van der Waals surface area (Å²) in [5.74, 6) is -0.0533. The van der Waals surface area contributed by atoms with E-state index in [0.29, 0.717) is 13.0 Å². The second kappa shape index (κ2) is 9.47. The number of nitrogens with zero attached hydrogens (tertiary/aromatic N) is 1. The molecule has 6 heteroatoms. The predicted molar refractivity (Wildman–Crippen MR) is 89.7 cm³/mol. The van der Waals surface area contributed by atoms with Crippen molar-refractivity contribution in [3.05, 3.63) is 35.6 Å². The zero-order chi connectivity index (χ0) is 17.4. The van der Waals surface area contributed by atoms with E-state index in [1.54, 1.807) is 6.07 Å². The lowest BCUT2D eigenvalue weighted by atomic mass is 10.0. The van der Waals surface area contributed by atoms with Crippen LogP contribution in [0.25, 0.3) is 0 Å². The molecule has 5 nitrogen and oxygen atoms in total. The quantitative estimate of drug-likeness (QED) is 0.686. The minimum absolute atomic E-state index is 0.0345. The summed E-state index contributed by atoms with van der Waals surface area (Å²) in [4.78, 5) is 14.0. The monoisotopic (exact) mass is 325 g/mol. The zero-order valence-corrected chi connectivity index (χ0v) is 14.3. The molecule has 0 heterocycles. The molecule has 2 amide bonds. The van der Waals surface area contributed by atoms with E-state index in [-0.39, 0.29) is 36.5 Å². The fourth-order valence-corrected chi connectivity index (χ4v) is 2.43. The molecule has 0 aromatic heterocycles. The maximum atomic E-state index is 13.4. The van der Waals surface area contributed by atoms with Crippen LogP contribution in [-0.4, -0.2) is 49.3 Å². The Balaban J connectivity index is 2.63. The minimum Gasteiger partial charge on any atom is -0.396 e. The van der Waals surface area contributed by atoms with Crippen LogP contribution in [0.1, 0.15) is 31.9 Å². The van der Waals surface area contributed by atoms with Crippen LogP contribution in [0.2, 0.25) is 0 Å². The molecule has 23 heavy (non-hydrogen) atoms. The molecule has 0 fully saturated rings. The Morgan fingerprint density at radius 1 is 1.35 bits per heavy atom. The summed E-state index contributed by atoms with van der Waals surface area (Å²) in [6.45, 7) is 4.39. The van der Waals surface area contributed by atoms with Crippen LogP contribution in [0.5, 0.6) is 0 Å². The highest BCUT2D eigenvalue weighted by Crippen LogP contribution is 2.18. The van der Waals surface area contributed by atoms with Gasteiger partial charge >= 0.3 is 6.03 Å². The van der Waals surface area contributed by atoms with Gasteiger partial charge in [0, 0.05) is 19.2 Å². The standard InChI is InChI=1S/C17H28FN3O2/c1-12(2)15(8-9-22)20-17(23)19-11-16(21(3)4)13-6-5-7-14(18)10-13/h5-7,10,12,15-16,22H,8-9,11H2,1-4H3,(H2,19,20,23). The molecular formula is C17H28FN3O2. The number of nitrogens with one attached hydrogen (secondary N) is 2. The van der Waals surface area contributed by atoms with Gasteiger partial charge < -0.3 is 20.6 Å². The second-order valence-electron chi connectivity index (χ2n) is 6.25. The van der Waals surface area contributed by atoms with Gasteiger partial charge in [-0.3, -0.25) is 0 Å². The first-order valence-corrected chi connectivity index (χ1v) is 7.92. The van der Waals surface area contributed by atoms with E-state index in [4.69, 9.17) is 5.11 Å². The van der Waals surface area contributed by atoms with Gasteiger partial charge in [0.2, 0.25) is 0 Å². The van der Waals surface area contributed by atoms with Gasteiger partial charge in [-0.2, -0.15) is 0 Å². The number of rotatable bonds is 8. The van der Waals surface area contributed by atoms with Crippen molar-refractivity contribution in [3.63, 3.8) is 0 Å². The van der Waals surface area contributed by atoms with Crippen LogP contribution < -0.4 is 10.6 Å². The number of aliphatic hydroxyl groups excluding tert-OH is 1. The fourth-order valence-electron chi connectivity index (χ4n) is 2.43. The van der Waals surface area contributed by atoms with Crippen molar-refractivity contribution in [2.24, 2.45) is 5.92 Å². The van der Waals surface area contributed by atoms with E-state index in [0.717, 1.165) is 5.56 Å². The highest BCUT2D eigenvalue weighted by atomic mass is 19.1. The van der Waals surface area contributed by atoms with Crippen molar-refractivity contribution in [3.8, 4) is 0 Å². The summed E-state index contributed by atoms with van der Waals surface area (Å²) in [6, 6.07) is 5.91. The molecule has 0 aliphatic carbocycles. The molecular weight excluding hydrogens is 297 g/mol. The molecule has 0 spiro atoms. The van der Waals surface area contributed by atoms with Gasteiger partial charge in [0.25, 0.3) is 0 Å². The average molecular weight is 325 g/mol. The van der Waals surface area contributed by atoms with Crippen molar-refractivity contribution in [2.75, 3.05) is 27.2 Å². The van der Waals surface area contributed by atoms with E-state index in [2.05, 4.69) is 10.6 Å². The molecule has 130 valence electrons. The summed E-state index contributed by atoms with van der Waals surface area (Å²) in [7, 11) is 3.77. The Hall–Kier alpha value is -1.66. The van der Waals surface area contributed by atoms with E-state index in [1.165, 1.54) is 12.1 Å². The summed E-state index contributed by atoms with van der Waals surface area (Å²) in [5, 5.41) is 14.8. The topological polar surface area (TPSA) is 64.6 Å². The molecule has 2 unspecified atom stereocenters. The van der Waals surface area contributed by atoms with Gasteiger partial charge in [-0.15, -0.1) is 0 Å². The van der Waals surface area contributed by atoms with E-state index >= 15 is 0 Å². The lowest BCUT2D eigenvalue weighted by Gasteiger charge is -2.26. The number of carbonyl (C=O) groups is 1. The minimum atomic E-state index is -0.290. The van der Waals surface area contributed by atoms with E-state index in [1.807, 2.05) is 38.9 Å². The third-order valence-electron chi connectivity index (χ3n) is 3.87. The molecule has 1 aromatic rings. The molecule has 0 radical (unpaired) electrons. The van der Waals surface area contributed by atoms with Crippen LogP contribution >= 0.6 is 0 Å². The first-order chi connectivity index (χ1) is 10.8. The van der Waals surface area contributed by atoms with Gasteiger partial charge in [0.05, 0.1) is 6.04 Å². The maximum Gasteiger partial charge on any atom is 0.315 e. The summed E-state index contributed by atoms with van der Waals surface area (Å²) >= 11 is 0. The number of aliphatic hydroxyl groups is 1. The molecule has 3 N–H and O–H groups in total. The maximum absolute atomic E-state index is 13.4. The summed E-state index contributed by atoms with van der Waals surface area (Å²) in [5.41, 5.74) is 0.811. The Labute approximate surface area is 137 Å². The van der Waals surface area contributed by atoms with E-state index < -0.39 is 0 Å². The number of carbonyl (C=O) groups excluding carboxylic acids is 1. The van der Waals surface area contributed by atoms with Crippen LogP contribution in [0.3, 0.4) is 0 Å². The Morgan fingerprint density at radius 2 is 2.04 bits per heavy atom. The number of hydrogen-bond donors (Lipinski definition) is 3. The highest BCUT2D eigenvalue weighted by molar-refractivity contribution is 5.74. The number of likely N-dealkylation sites (N-methyl/N-ethyl adjacent to an activating group) is 1. The van der Waals surface area contributed by atoms with Crippen molar-refractivity contribution >= 4 is 6.03 Å². The Bertz CT molecular complexity index is 494. The van der Waals surface area contributed by atoms with Gasteiger partial charge in [0.1, 0.15) is 5.82 Å². The lowest BCUT2D eigenvalue weighted by molar-refractivity contribution is 0.214. The number of hydrogen-bond acceptors (Lipinski definition) is 3. The highest BCUT2D eigenvalue weighted by Gasteiger charge is 2.18. The molecule has 1 aromatic carbocycles. The molecule has 0 aliphatic rings. The number of urea groups is 1. The fraction of sp³-hybridized carbons (Fsp3) is 0.588. The first-order valence-electron chi connectivity index (χ1n) is 7.92. The molecule has 0 aliphatic heterocycles. The van der Waals surface area contributed by atoms with Gasteiger partial charge in [-0.25, -0.2) is 9.18 Å². The normalized spacial score (nSPS) is 13.9. The van der Waals surface area contributed by atoms with Gasteiger partial charge in [-0.1, -0.05) is 26.0 Å².